The number of rotatable bonds is 4. The average Bonchev–Trinajstić information content (AvgIpc) is 3.02. The molecule has 0 bridgehead atoms. The van der Waals surface area contributed by atoms with Gasteiger partial charge < -0.3 is 19.3 Å². The number of ether oxygens (including phenoxy) is 3. The van der Waals surface area contributed by atoms with Gasteiger partial charge in [-0.25, -0.2) is 0 Å². The first-order valence-corrected chi connectivity index (χ1v) is 14.1. The molecule has 6 nitrogen and oxygen atoms in total. The molecule has 10 atom stereocenters. The van der Waals surface area contributed by atoms with E-state index in [1.165, 1.54) is 0 Å². The van der Waals surface area contributed by atoms with Gasteiger partial charge in [0.1, 0.15) is 12.2 Å². The minimum Gasteiger partial charge on any atom is -0.391 e. The zero-order valence-electron chi connectivity index (χ0n) is 22.4. The van der Waals surface area contributed by atoms with E-state index < -0.39 is 33.4 Å². The average molecular weight is 521 g/mol. The van der Waals surface area contributed by atoms with E-state index in [0.29, 0.717) is 19.4 Å². The van der Waals surface area contributed by atoms with Crippen molar-refractivity contribution in [3.63, 3.8) is 0 Å². The van der Waals surface area contributed by atoms with Gasteiger partial charge in [-0.3, -0.25) is 9.59 Å². The quantitative estimate of drug-likeness (QED) is 0.527. The summed E-state index contributed by atoms with van der Waals surface area (Å²) in [6.07, 6.45) is 7.50. The molecule has 0 aromatic heterocycles. The van der Waals surface area contributed by atoms with E-state index in [4.69, 9.17) is 25.8 Å². The van der Waals surface area contributed by atoms with Gasteiger partial charge >= 0.3 is 0 Å². The molecule has 200 valence electrons. The Balaban J connectivity index is 1.62. The summed E-state index contributed by atoms with van der Waals surface area (Å²) in [5.74, 6) is -1.31. The van der Waals surface area contributed by atoms with Gasteiger partial charge in [-0.1, -0.05) is 46.3 Å². The zero-order valence-corrected chi connectivity index (χ0v) is 23.2. The highest BCUT2D eigenvalue weighted by Crippen LogP contribution is 2.73. The minimum atomic E-state index is -1.27. The molecular weight excluding hydrogens is 480 g/mol. The first-order valence-electron chi connectivity index (χ1n) is 13.7. The second-order valence-electron chi connectivity index (χ2n) is 12.3. The second-order valence-corrected chi connectivity index (χ2v) is 13.0. The molecule has 4 aliphatic carbocycles. The molecule has 5 rings (SSSR count). The van der Waals surface area contributed by atoms with Crippen LogP contribution < -0.4 is 0 Å². The molecule has 0 amide bonds. The molecule has 1 saturated heterocycles. The predicted octanol–water partition coefficient (Wildman–Crippen LogP) is 4.96. The monoisotopic (exact) mass is 520 g/mol. The summed E-state index contributed by atoms with van der Waals surface area (Å²) in [7, 11) is 0. The molecule has 1 spiro atoms. The Morgan fingerprint density at radius 2 is 1.89 bits per heavy atom. The molecule has 36 heavy (non-hydrogen) atoms. The van der Waals surface area contributed by atoms with E-state index in [1.807, 2.05) is 19.9 Å². The minimum absolute atomic E-state index is 0.0268. The molecule has 1 heterocycles. The second kappa shape index (κ2) is 8.47. The van der Waals surface area contributed by atoms with Crippen molar-refractivity contribution in [1.29, 1.82) is 0 Å². The lowest BCUT2D eigenvalue weighted by molar-refractivity contribution is -0.435. The van der Waals surface area contributed by atoms with E-state index >= 15 is 0 Å². The van der Waals surface area contributed by atoms with Crippen molar-refractivity contribution in [2.75, 3.05) is 13.2 Å². The molecule has 5 aliphatic rings. The molecule has 0 aromatic carbocycles. The van der Waals surface area contributed by atoms with Crippen molar-refractivity contribution in [1.82, 2.24) is 0 Å². The third-order valence-electron chi connectivity index (χ3n) is 10.6. The van der Waals surface area contributed by atoms with Gasteiger partial charge in [-0.2, -0.15) is 0 Å². The fraction of sp³-hybridized carbons (Fsp3) is 0.793. The van der Waals surface area contributed by atoms with Crippen LogP contribution in [-0.4, -0.2) is 52.4 Å². The number of hydrogen-bond acceptors (Lipinski definition) is 6. The van der Waals surface area contributed by atoms with Crippen molar-refractivity contribution < 1.29 is 28.9 Å². The highest BCUT2D eigenvalue weighted by atomic mass is 35.5. The number of halogens is 1. The first kappa shape index (κ1) is 26.6. The van der Waals surface area contributed by atoms with Crippen LogP contribution in [-0.2, 0) is 23.8 Å². The van der Waals surface area contributed by atoms with Gasteiger partial charge in [0, 0.05) is 23.9 Å². The van der Waals surface area contributed by atoms with Gasteiger partial charge in [0.05, 0.1) is 11.0 Å². The van der Waals surface area contributed by atoms with E-state index in [1.54, 1.807) is 12.2 Å². The number of aliphatic hydroxyl groups excluding tert-OH is 1. The summed E-state index contributed by atoms with van der Waals surface area (Å²) in [6.45, 7) is 12.7. The van der Waals surface area contributed by atoms with Gasteiger partial charge in [0.2, 0.25) is 0 Å². The van der Waals surface area contributed by atoms with Crippen molar-refractivity contribution in [2.24, 2.45) is 34.5 Å². The number of carbonyl (C=O) groups is 2. The summed E-state index contributed by atoms with van der Waals surface area (Å²) >= 11 is 7.62. The van der Waals surface area contributed by atoms with Gasteiger partial charge in [0.25, 0.3) is 5.97 Å². The van der Waals surface area contributed by atoms with Crippen LogP contribution in [0.25, 0.3) is 0 Å². The first-order chi connectivity index (χ1) is 16.8. The van der Waals surface area contributed by atoms with Crippen LogP contribution in [0.15, 0.2) is 23.8 Å². The normalized spacial score (nSPS) is 52.1. The van der Waals surface area contributed by atoms with Crippen molar-refractivity contribution in [3.05, 3.63) is 23.8 Å². The third kappa shape index (κ3) is 3.11. The maximum absolute atomic E-state index is 13.8. The Kier molecular flexibility index (Phi) is 6.25. The molecule has 7 heteroatoms. The van der Waals surface area contributed by atoms with E-state index in [0.717, 1.165) is 24.8 Å². The fourth-order valence-electron chi connectivity index (χ4n) is 9.14. The Hall–Kier alpha value is -1.05. The number of ketones is 2. The van der Waals surface area contributed by atoms with Crippen LogP contribution in [0.1, 0.15) is 73.6 Å². The van der Waals surface area contributed by atoms with Crippen LogP contribution in [0.2, 0.25) is 0 Å². The zero-order chi connectivity index (χ0) is 26.3. The standard InChI is InChI=1S/C29H41ClO6/c1-7-10-27(34-8-2)35-16-24(33)29(36-27)18(4)13-21-22-12-17(3)20-14-19(31)9-11-25(20,5)28(22,30)23(32)15-26(21,29)6/h9,11,14,17-18,21-23,32H,7-8,10,12-13,15-16H2,1-6H3/t17-,18-,21-,22-,23-,25-,26-,27?,28-,29-/m0/s1. The van der Waals surface area contributed by atoms with E-state index in [2.05, 4.69) is 27.7 Å². The third-order valence-corrected chi connectivity index (χ3v) is 11.5. The molecule has 0 radical (unpaired) electrons. The maximum atomic E-state index is 13.8. The summed E-state index contributed by atoms with van der Waals surface area (Å²) in [6, 6.07) is 0. The predicted molar refractivity (Wildman–Crippen MR) is 136 cm³/mol. The van der Waals surface area contributed by atoms with Crippen LogP contribution in [0.3, 0.4) is 0 Å². The lowest BCUT2D eigenvalue weighted by Gasteiger charge is -2.66. The number of aliphatic hydroxyl groups is 1. The smallest absolute Gasteiger partial charge is 0.284 e. The number of Topliss-reactive ketones (excluding diaryl/α,β-unsaturated/α-hetero) is 1. The molecule has 1 N–H and O–H groups in total. The number of hydrogen-bond donors (Lipinski definition) is 1. The topological polar surface area (TPSA) is 82.1 Å². The lowest BCUT2D eigenvalue weighted by atomic mass is 9.44. The van der Waals surface area contributed by atoms with Crippen molar-refractivity contribution in [2.45, 2.75) is 96.2 Å². The van der Waals surface area contributed by atoms with Crippen molar-refractivity contribution >= 4 is 23.2 Å². The number of fused-ring (bicyclic) bond motifs is 6. The Morgan fingerprint density at radius 1 is 1.17 bits per heavy atom. The van der Waals surface area contributed by atoms with Gasteiger partial charge in [-0.15, -0.1) is 11.6 Å². The summed E-state index contributed by atoms with van der Waals surface area (Å²) in [5.41, 5.74) is -1.42. The molecule has 3 saturated carbocycles. The molecule has 4 fully saturated rings. The van der Waals surface area contributed by atoms with E-state index in [9.17, 15) is 14.7 Å². The molecule has 1 unspecified atom stereocenters. The number of carbonyl (C=O) groups excluding carboxylic acids is 2. The SMILES string of the molecule is CCCC1(OCC)OCC(=O)[C@@]2(O1)[C@@H](C)C[C@H]1[C@@H]3C[C@H](C)C4=CC(=O)C=C[C@]4(C)[C@@]3(Cl)[C@@H](O)C[C@@]12C. The highest BCUT2D eigenvalue weighted by molar-refractivity contribution is 6.26. The summed E-state index contributed by atoms with van der Waals surface area (Å²) in [5, 5.41) is 11.9. The molecular formula is C29H41ClO6. The Morgan fingerprint density at radius 3 is 2.56 bits per heavy atom. The number of alkyl halides is 1. The van der Waals surface area contributed by atoms with Crippen LogP contribution >= 0.6 is 11.6 Å². The fourth-order valence-corrected chi connectivity index (χ4v) is 9.63. The van der Waals surface area contributed by atoms with Gasteiger partial charge in [0.15, 0.2) is 11.6 Å². The molecule has 1 aliphatic heterocycles. The Bertz CT molecular complexity index is 1020. The summed E-state index contributed by atoms with van der Waals surface area (Å²) < 4.78 is 18.8. The maximum Gasteiger partial charge on any atom is 0.284 e. The largest absolute Gasteiger partial charge is 0.391 e. The highest BCUT2D eigenvalue weighted by Gasteiger charge is 2.77. The van der Waals surface area contributed by atoms with Crippen LogP contribution in [0.4, 0.5) is 0 Å². The van der Waals surface area contributed by atoms with Crippen LogP contribution in [0.5, 0.6) is 0 Å². The van der Waals surface area contributed by atoms with Gasteiger partial charge in [-0.05, 0) is 68.4 Å². The lowest BCUT2D eigenvalue weighted by Crippen LogP contribution is -2.72. The van der Waals surface area contributed by atoms with Crippen molar-refractivity contribution in [3.8, 4) is 0 Å². The molecule has 0 aromatic rings. The summed E-state index contributed by atoms with van der Waals surface area (Å²) in [4.78, 5) is 25.2. The number of allylic oxidation sites excluding steroid dienone is 4. The van der Waals surface area contributed by atoms with E-state index in [-0.39, 0.29) is 41.8 Å². The Labute approximate surface area is 219 Å². The van der Waals surface area contributed by atoms with Crippen LogP contribution in [0, 0.1) is 34.5 Å².